The molecular weight excluding hydrogens is 322 g/mol. The van der Waals surface area contributed by atoms with E-state index in [4.69, 9.17) is 0 Å². The third kappa shape index (κ3) is 2.52. The molecule has 2 heterocycles. The van der Waals surface area contributed by atoms with Gasteiger partial charge < -0.3 is 5.32 Å². The van der Waals surface area contributed by atoms with Gasteiger partial charge in [-0.25, -0.2) is 14.6 Å². The molecular formula is C21H19N5. The number of aryl methyl sites for hydroxylation is 1. The molecule has 0 saturated carbocycles. The van der Waals surface area contributed by atoms with Gasteiger partial charge in [0.2, 0.25) is 0 Å². The van der Waals surface area contributed by atoms with Gasteiger partial charge in [0.25, 0.3) is 0 Å². The van der Waals surface area contributed by atoms with Crippen molar-refractivity contribution in [1.29, 1.82) is 0 Å². The van der Waals surface area contributed by atoms with E-state index < -0.39 is 0 Å². The van der Waals surface area contributed by atoms with E-state index in [0.717, 1.165) is 35.4 Å². The first-order valence-corrected chi connectivity index (χ1v) is 8.98. The maximum Gasteiger partial charge on any atom is 0.168 e. The summed E-state index contributed by atoms with van der Waals surface area (Å²) in [6.45, 7) is 0. The Morgan fingerprint density at radius 3 is 2.73 bits per heavy atom. The van der Waals surface area contributed by atoms with Crippen LogP contribution < -0.4 is 5.32 Å². The fourth-order valence-corrected chi connectivity index (χ4v) is 3.79. The minimum atomic E-state index is 0.276. The van der Waals surface area contributed by atoms with Crippen LogP contribution in [0.1, 0.15) is 30.0 Å². The predicted molar refractivity (Wildman–Crippen MR) is 102 cm³/mol. The molecule has 1 atom stereocenters. The average Bonchev–Trinajstić information content (AvgIpc) is 3.14. The second-order valence-corrected chi connectivity index (χ2v) is 6.64. The molecule has 1 aliphatic rings. The third-order valence-electron chi connectivity index (χ3n) is 5.05. The highest BCUT2D eigenvalue weighted by molar-refractivity contribution is 5.87. The lowest BCUT2D eigenvalue weighted by Gasteiger charge is -2.26. The number of nitrogens with zero attached hydrogens (tertiary/aromatic N) is 4. The first-order valence-electron chi connectivity index (χ1n) is 8.98. The van der Waals surface area contributed by atoms with Crippen LogP contribution in [-0.2, 0) is 6.42 Å². The summed E-state index contributed by atoms with van der Waals surface area (Å²) in [4.78, 5) is 8.97. The lowest BCUT2D eigenvalue weighted by Crippen LogP contribution is -2.18. The Bertz CT molecular complexity index is 1050. The number of anilines is 1. The molecule has 5 heteroatoms. The van der Waals surface area contributed by atoms with Crippen molar-refractivity contribution < 1.29 is 0 Å². The zero-order valence-electron chi connectivity index (χ0n) is 14.3. The van der Waals surface area contributed by atoms with Crippen LogP contribution in [0.3, 0.4) is 0 Å². The van der Waals surface area contributed by atoms with Crippen molar-refractivity contribution in [3.05, 3.63) is 78.2 Å². The molecule has 0 bridgehead atoms. The number of aromatic nitrogens is 4. The molecule has 5 rings (SSSR count). The van der Waals surface area contributed by atoms with Crippen molar-refractivity contribution in [3.63, 3.8) is 0 Å². The maximum atomic E-state index is 4.54. The predicted octanol–water partition coefficient (Wildman–Crippen LogP) is 4.31. The van der Waals surface area contributed by atoms with Gasteiger partial charge in [-0.3, -0.25) is 0 Å². The van der Waals surface area contributed by atoms with Crippen LogP contribution in [0.4, 0.5) is 5.82 Å². The van der Waals surface area contributed by atoms with Crippen LogP contribution in [0.15, 0.2) is 67.1 Å². The molecule has 1 N–H and O–H groups in total. The molecule has 4 aromatic rings. The van der Waals surface area contributed by atoms with Crippen molar-refractivity contribution >= 4 is 16.9 Å². The van der Waals surface area contributed by atoms with Crippen LogP contribution in [-0.4, -0.2) is 19.7 Å². The van der Waals surface area contributed by atoms with Gasteiger partial charge in [0, 0.05) is 0 Å². The van der Waals surface area contributed by atoms with E-state index in [1.54, 1.807) is 6.33 Å². The highest BCUT2D eigenvalue weighted by Crippen LogP contribution is 2.33. The molecule has 0 fully saturated rings. The average molecular weight is 341 g/mol. The van der Waals surface area contributed by atoms with Gasteiger partial charge >= 0.3 is 0 Å². The highest BCUT2D eigenvalue weighted by Gasteiger charge is 2.21. The van der Waals surface area contributed by atoms with E-state index >= 15 is 0 Å². The zero-order chi connectivity index (χ0) is 17.3. The SMILES string of the molecule is c1ccc(-n2ncc3c(N[C@H]4CCCc5ccccc54)ncnc32)cc1. The number of benzene rings is 2. The van der Waals surface area contributed by atoms with Crippen LogP contribution in [0.25, 0.3) is 16.7 Å². The van der Waals surface area contributed by atoms with Crippen LogP contribution in [0, 0.1) is 0 Å². The Balaban J connectivity index is 1.54. The molecule has 5 nitrogen and oxygen atoms in total. The Morgan fingerprint density at radius 2 is 1.81 bits per heavy atom. The number of hydrogen-bond acceptors (Lipinski definition) is 4. The van der Waals surface area contributed by atoms with E-state index in [1.807, 2.05) is 41.2 Å². The highest BCUT2D eigenvalue weighted by atomic mass is 15.3. The normalized spacial score (nSPS) is 16.4. The van der Waals surface area contributed by atoms with Gasteiger partial charge in [0.15, 0.2) is 5.65 Å². The summed E-state index contributed by atoms with van der Waals surface area (Å²) in [7, 11) is 0. The number of fused-ring (bicyclic) bond motifs is 2. The monoisotopic (exact) mass is 341 g/mol. The van der Waals surface area contributed by atoms with E-state index in [-0.39, 0.29) is 6.04 Å². The summed E-state index contributed by atoms with van der Waals surface area (Å²) in [6, 6.07) is 19.0. The molecule has 0 radical (unpaired) electrons. The lowest BCUT2D eigenvalue weighted by molar-refractivity contribution is 0.599. The molecule has 0 spiro atoms. The second kappa shape index (κ2) is 6.26. The topological polar surface area (TPSA) is 55.6 Å². The quantitative estimate of drug-likeness (QED) is 0.603. The van der Waals surface area contributed by atoms with Crippen LogP contribution in [0.2, 0.25) is 0 Å². The molecule has 128 valence electrons. The van der Waals surface area contributed by atoms with Crippen molar-refractivity contribution in [2.75, 3.05) is 5.32 Å². The molecule has 2 aromatic carbocycles. The number of nitrogens with one attached hydrogen (secondary N) is 1. The molecule has 0 saturated heterocycles. The largest absolute Gasteiger partial charge is 0.363 e. The van der Waals surface area contributed by atoms with Crippen molar-refractivity contribution in [2.24, 2.45) is 0 Å². The van der Waals surface area contributed by atoms with Gasteiger partial charge in [-0.2, -0.15) is 5.10 Å². The van der Waals surface area contributed by atoms with Gasteiger partial charge in [-0.1, -0.05) is 42.5 Å². The minimum absolute atomic E-state index is 0.276. The first kappa shape index (κ1) is 15.1. The standard InChI is InChI=1S/C21H19N5/c1-2-9-16(10-3-1)26-21-18(13-24-26)20(22-14-23-21)25-19-12-6-8-15-7-4-5-11-17(15)19/h1-5,7,9-11,13-14,19H,6,8,12H2,(H,22,23,25)/t19-/m0/s1. The molecule has 0 unspecified atom stereocenters. The number of rotatable bonds is 3. The molecule has 26 heavy (non-hydrogen) atoms. The summed E-state index contributed by atoms with van der Waals surface area (Å²) in [5.74, 6) is 0.846. The minimum Gasteiger partial charge on any atom is -0.363 e. The fourth-order valence-electron chi connectivity index (χ4n) is 3.79. The Kier molecular flexibility index (Phi) is 3.63. The van der Waals surface area contributed by atoms with Gasteiger partial charge in [0.05, 0.1) is 23.3 Å². The first-order chi connectivity index (χ1) is 12.9. The summed E-state index contributed by atoms with van der Waals surface area (Å²) < 4.78 is 1.86. The van der Waals surface area contributed by atoms with Crippen LogP contribution in [0.5, 0.6) is 0 Å². The lowest BCUT2D eigenvalue weighted by atomic mass is 9.88. The van der Waals surface area contributed by atoms with Gasteiger partial charge in [0.1, 0.15) is 12.1 Å². The van der Waals surface area contributed by atoms with Gasteiger partial charge in [-0.15, -0.1) is 0 Å². The van der Waals surface area contributed by atoms with Crippen molar-refractivity contribution in [2.45, 2.75) is 25.3 Å². The Labute approximate surface area is 151 Å². The smallest absolute Gasteiger partial charge is 0.168 e. The Hall–Kier alpha value is -3.21. The molecule has 0 aliphatic heterocycles. The molecule has 1 aliphatic carbocycles. The summed E-state index contributed by atoms with van der Waals surface area (Å²) >= 11 is 0. The van der Waals surface area contributed by atoms with Gasteiger partial charge in [-0.05, 0) is 42.5 Å². The Morgan fingerprint density at radius 1 is 0.962 bits per heavy atom. The number of hydrogen-bond donors (Lipinski definition) is 1. The van der Waals surface area contributed by atoms with Crippen molar-refractivity contribution in [1.82, 2.24) is 19.7 Å². The fraction of sp³-hybridized carbons (Fsp3) is 0.190. The number of para-hydroxylation sites is 1. The van der Waals surface area contributed by atoms with E-state index in [9.17, 15) is 0 Å². The maximum absolute atomic E-state index is 4.54. The molecule has 0 amide bonds. The van der Waals surface area contributed by atoms with E-state index in [0.29, 0.717) is 0 Å². The zero-order valence-corrected chi connectivity index (χ0v) is 14.3. The third-order valence-corrected chi connectivity index (χ3v) is 5.05. The van der Waals surface area contributed by atoms with Crippen molar-refractivity contribution in [3.8, 4) is 5.69 Å². The summed E-state index contributed by atoms with van der Waals surface area (Å²) in [5.41, 5.74) is 4.62. The second-order valence-electron chi connectivity index (χ2n) is 6.64. The molecule has 2 aromatic heterocycles. The van der Waals surface area contributed by atoms with E-state index in [1.165, 1.54) is 17.5 Å². The van der Waals surface area contributed by atoms with E-state index in [2.05, 4.69) is 44.6 Å². The summed E-state index contributed by atoms with van der Waals surface area (Å²) in [5, 5.41) is 9.12. The summed E-state index contributed by atoms with van der Waals surface area (Å²) in [6.07, 6.45) is 6.90. The van der Waals surface area contributed by atoms with Crippen LogP contribution >= 0.6 is 0 Å².